The van der Waals surface area contributed by atoms with Crippen LogP contribution in [0.25, 0.3) is 0 Å². The maximum Gasteiger partial charge on any atom is 0.274 e. The lowest BCUT2D eigenvalue weighted by Gasteiger charge is -2.06. The van der Waals surface area contributed by atoms with Gasteiger partial charge in [0.2, 0.25) is 12.7 Å². The zero-order chi connectivity index (χ0) is 14.7. The van der Waals surface area contributed by atoms with E-state index in [2.05, 4.69) is 15.3 Å². The van der Waals surface area contributed by atoms with Gasteiger partial charge in [0.05, 0.1) is 6.61 Å². The minimum absolute atomic E-state index is 0.191. The van der Waals surface area contributed by atoms with E-state index in [9.17, 15) is 4.79 Å². The first kappa shape index (κ1) is 13.2. The number of anilines is 1. The Morgan fingerprint density at radius 3 is 3.00 bits per heavy atom. The summed E-state index contributed by atoms with van der Waals surface area (Å²) in [7, 11) is 0. The lowest BCUT2D eigenvalue weighted by Crippen LogP contribution is -2.14. The standard InChI is InChI=1S/C14H13N3O4/c1-2-19-13-6-10(15-7-16-13)14(18)17-9-3-4-11-12(5-9)21-8-20-11/h3-7H,2,8H2,1H3,(H,17,18). The summed E-state index contributed by atoms with van der Waals surface area (Å²) in [5.74, 6) is 1.28. The van der Waals surface area contributed by atoms with Crippen molar-refractivity contribution in [3.63, 3.8) is 0 Å². The van der Waals surface area contributed by atoms with E-state index in [4.69, 9.17) is 14.2 Å². The summed E-state index contributed by atoms with van der Waals surface area (Å²) in [6.07, 6.45) is 1.29. The second-order valence-corrected chi connectivity index (χ2v) is 4.20. The van der Waals surface area contributed by atoms with Gasteiger partial charge in [0.1, 0.15) is 12.0 Å². The molecule has 0 aliphatic carbocycles. The van der Waals surface area contributed by atoms with Crippen LogP contribution in [0, 0.1) is 0 Å². The van der Waals surface area contributed by atoms with Crippen molar-refractivity contribution < 1.29 is 19.0 Å². The molecule has 1 aromatic carbocycles. The van der Waals surface area contributed by atoms with E-state index in [-0.39, 0.29) is 18.4 Å². The summed E-state index contributed by atoms with van der Waals surface area (Å²) in [6.45, 7) is 2.51. The Balaban J connectivity index is 1.75. The number of amides is 1. The summed E-state index contributed by atoms with van der Waals surface area (Å²) in [6, 6.07) is 6.66. The number of aromatic nitrogens is 2. The molecule has 0 atom stereocenters. The van der Waals surface area contributed by atoms with Gasteiger partial charge in [-0.3, -0.25) is 4.79 Å². The van der Waals surface area contributed by atoms with Crippen LogP contribution in [-0.4, -0.2) is 29.3 Å². The predicted molar refractivity (Wildman–Crippen MR) is 73.7 cm³/mol. The molecule has 1 aromatic heterocycles. The first-order valence-electron chi connectivity index (χ1n) is 6.42. The van der Waals surface area contributed by atoms with Gasteiger partial charge in [-0.2, -0.15) is 0 Å². The fraction of sp³-hybridized carbons (Fsp3) is 0.214. The van der Waals surface area contributed by atoms with Gasteiger partial charge in [0, 0.05) is 17.8 Å². The number of fused-ring (bicyclic) bond motifs is 1. The van der Waals surface area contributed by atoms with Gasteiger partial charge in [0.25, 0.3) is 5.91 Å². The summed E-state index contributed by atoms with van der Waals surface area (Å²) >= 11 is 0. The Hall–Kier alpha value is -2.83. The Morgan fingerprint density at radius 2 is 2.14 bits per heavy atom. The third-order valence-corrected chi connectivity index (χ3v) is 2.80. The highest BCUT2D eigenvalue weighted by Crippen LogP contribution is 2.34. The van der Waals surface area contributed by atoms with Crippen molar-refractivity contribution in [2.24, 2.45) is 0 Å². The van der Waals surface area contributed by atoms with E-state index in [1.54, 1.807) is 18.2 Å². The van der Waals surface area contributed by atoms with E-state index in [0.29, 0.717) is 29.7 Å². The Labute approximate surface area is 120 Å². The van der Waals surface area contributed by atoms with Crippen molar-refractivity contribution in [3.05, 3.63) is 36.3 Å². The summed E-state index contributed by atoms with van der Waals surface area (Å²) < 4.78 is 15.7. The molecule has 0 bridgehead atoms. The topological polar surface area (TPSA) is 82.6 Å². The van der Waals surface area contributed by atoms with Crippen LogP contribution in [0.15, 0.2) is 30.6 Å². The van der Waals surface area contributed by atoms with Crippen molar-refractivity contribution in [3.8, 4) is 17.4 Å². The number of carbonyl (C=O) groups excluding carboxylic acids is 1. The highest BCUT2D eigenvalue weighted by Gasteiger charge is 2.15. The first-order chi connectivity index (χ1) is 10.3. The van der Waals surface area contributed by atoms with E-state index in [1.165, 1.54) is 12.4 Å². The number of rotatable bonds is 4. The van der Waals surface area contributed by atoms with E-state index in [1.807, 2.05) is 6.92 Å². The Kier molecular flexibility index (Phi) is 3.55. The Bertz CT molecular complexity index is 675. The molecule has 0 unspecified atom stereocenters. The molecule has 1 aliphatic heterocycles. The second kappa shape index (κ2) is 5.66. The van der Waals surface area contributed by atoms with Crippen molar-refractivity contribution in [1.82, 2.24) is 9.97 Å². The molecule has 3 rings (SSSR count). The van der Waals surface area contributed by atoms with Gasteiger partial charge in [-0.25, -0.2) is 9.97 Å². The van der Waals surface area contributed by atoms with Crippen LogP contribution in [0.5, 0.6) is 17.4 Å². The zero-order valence-corrected chi connectivity index (χ0v) is 11.3. The van der Waals surface area contributed by atoms with Crippen LogP contribution in [0.1, 0.15) is 17.4 Å². The highest BCUT2D eigenvalue weighted by atomic mass is 16.7. The minimum atomic E-state index is -0.350. The molecule has 1 amide bonds. The molecule has 1 N–H and O–H groups in total. The number of carbonyl (C=O) groups is 1. The summed E-state index contributed by atoms with van der Waals surface area (Å²) in [5, 5.41) is 2.74. The smallest absolute Gasteiger partial charge is 0.274 e. The average Bonchev–Trinajstić information content (AvgIpc) is 2.95. The van der Waals surface area contributed by atoms with Crippen LogP contribution >= 0.6 is 0 Å². The molecule has 0 fully saturated rings. The van der Waals surface area contributed by atoms with Crippen LogP contribution in [-0.2, 0) is 0 Å². The van der Waals surface area contributed by atoms with Gasteiger partial charge in [-0.15, -0.1) is 0 Å². The lowest BCUT2D eigenvalue weighted by atomic mass is 10.2. The normalized spacial score (nSPS) is 12.0. The van der Waals surface area contributed by atoms with Crippen LogP contribution in [0.2, 0.25) is 0 Å². The molecule has 108 valence electrons. The molecule has 0 radical (unpaired) electrons. The molecule has 2 heterocycles. The van der Waals surface area contributed by atoms with Gasteiger partial charge in [-0.1, -0.05) is 0 Å². The van der Waals surface area contributed by atoms with Crippen molar-refractivity contribution in [2.45, 2.75) is 6.92 Å². The average molecular weight is 287 g/mol. The summed E-state index contributed by atoms with van der Waals surface area (Å²) in [4.78, 5) is 20.0. The largest absolute Gasteiger partial charge is 0.478 e. The number of benzene rings is 1. The van der Waals surface area contributed by atoms with Gasteiger partial charge < -0.3 is 19.5 Å². The van der Waals surface area contributed by atoms with Crippen molar-refractivity contribution >= 4 is 11.6 Å². The SMILES string of the molecule is CCOc1cc(C(=O)Nc2ccc3c(c2)OCO3)ncn1. The third-order valence-electron chi connectivity index (χ3n) is 2.80. The van der Waals surface area contributed by atoms with Gasteiger partial charge >= 0.3 is 0 Å². The number of hydrogen-bond acceptors (Lipinski definition) is 6. The van der Waals surface area contributed by atoms with Gasteiger partial charge in [0.15, 0.2) is 11.5 Å². The Morgan fingerprint density at radius 1 is 1.29 bits per heavy atom. The third kappa shape index (κ3) is 2.86. The monoisotopic (exact) mass is 287 g/mol. The molecular weight excluding hydrogens is 274 g/mol. The number of hydrogen-bond donors (Lipinski definition) is 1. The quantitative estimate of drug-likeness (QED) is 0.924. The molecule has 0 saturated heterocycles. The molecule has 0 saturated carbocycles. The van der Waals surface area contributed by atoms with Gasteiger partial charge in [-0.05, 0) is 19.1 Å². The van der Waals surface area contributed by atoms with E-state index >= 15 is 0 Å². The number of ether oxygens (including phenoxy) is 3. The van der Waals surface area contributed by atoms with E-state index < -0.39 is 0 Å². The maximum absolute atomic E-state index is 12.1. The van der Waals surface area contributed by atoms with E-state index in [0.717, 1.165) is 0 Å². The van der Waals surface area contributed by atoms with Crippen LogP contribution < -0.4 is 19.5 Å². The molecule has 0 spiro atoms. The molecule has 1 aliphatic rings. The molecule has 7 heteroatoms. The van der Waals surface area contributed by atoms with Crippen molar-refractivity contribution in [1.29, 1.82) is 0 Å². The second-order valence-electron chi connectivity index (χ2n) is 4.20. The predicted octanol–water partition coefficient (Wildman–Crippen LogP) is 1.86. The molecule has 21 heavy (non-hydrogen) atoms. The fourth-order valence-electron chi connectivity index (χ4n) is 1.86. The first-order valence-corrected chi connectivity index (χ1v) is 6.42. The fourth-order valence-corrected chi connectivity index (χ4v) is 1.86. The summed E-state index contributed by atoms with van der Waals surface area (Å²) in [5.41, 5.74) is 0.826. The highest BCUT2D eigenvalue weighted by molar-refractivity contribution is 6.03. The minimum Gasteiger partial charge on any atom is -0.478 e. The van der Waals surface area contributed by atoms with Crippen molar-refractivity contribution in [2.75, 3.05) is 18.7 Å². The van der Waals surface area contributed by atoms with Crippen LogP contribution in [0.3, 0.4) is 0 Å². The molecule has 2 aromatic rings. The molecule has 7 nitrogen and oxygen atoms in total. The maximum atomic E-state index is 12.1. The molecular formula is C14H13N3O4. The number of nitrogens with zero attached hydrogens (tertiary/aromatic N) is 2. The number of nitrogens with one attached hydrogen (secondary N) is 1. The zero-order valence-electron chi connectivity index (χ0n) is 11.3. The lowest BCUT2D eigenvalue weighted by molar-refractivity contribution is 0.102. The van der Waals surface area contributed by atoms with Crippen LogP contribution in [0.4, 0.5) is 5.69 Å².